The summed E-state index contributed by atoms with van der Waals surface area (Å²) in [5.41, 5.74) is 2.73. The van der Waals surface area contributed by atoms with Gasteiger partial charge >= 0.3 is 5.69 Å². The predicted octanol–water partition coefficient (Wildman–Crippen LogP) is 3.18. The molecule has 0 N–H and O–H groups in total. The topological polar surface area (TPSA) is 65.1 Å². The van der Waals surface area contributed by atoms with E-state index in [1.165, 1.54) is 14.7 Å². The maximum absolute atomic E-state index is 13.3. The summed E-state index contributed by atoms with van der Waals surface area (Å²) in [6, 6.07) is 8.33. The van der Waals surface area contributed by atoms with Crippen molar-refractivity contribution in [2.45, 2.75) is 53.1 Å². The van der Waals surface area contributed by atoms with Gasteiger partial charge in [0.1, 0.15) is 0 Å². The van der Waals surface area contributed by atoms with Crippen LogP contribution < -0.4 is 16.1 Å². The van der Waals surface area contributed by atoms with Gasteiger partial charge in [0.15, 0.2) is 11.2 Å². The quantitative estimate of drug-likeness (QED) is 0.623. The molecule has 3 heterocycles. The van der Waals surface area contributed by atoms with Gasteiger partial charge in [-0.25, -0.2) is 4.79 Å². The van der Waals surface area contributed by atoms with Crippen LogP contribution in [-0.2, 0) is 20.1 Å². The largest absolute Gasteiger partial charge is 0.332 e. The molecule has 1 aliphatic rings. The molecule has 154 valence electrons. The Morgan fingerprint density at radius 1 is 1.10 bits per heavy atom. The van der Waals surface area contributed by atoms with Crippen molar-refractivity contribution in [1.29, 1.82) is 0 Å². The van der Waals surface area contributed by atoms with Crippen molar-refractivity contribution < 1.29 is 0 Å². The van der Waals surface area contributed by atoms with E-state index in [1.807, 2.05) is 4.57 Å². The van der Waals surface area contributed by atoms with Crippen LogP contribution >= 0.6 is 0 Å². The lowest BCUT2D eigenvalue weighted by atomic mass is 10.1. The van der Waals surface area contributed by atoms with Crippen LogP contribution in [0.4, 0.5) is 11.6 Å². The Kier molecular flexibility index (Phi) is 5.06. The number of imidazole rings is 1. The number of rotatable bonds is 5. The number of anilines is 2. The molecule has 7 nitrogen and oxygen atoms in total. The van der Waals surface area contributed by atoms with Crippen LogP contribution in [0.25, 0.3) is 11.2 Å². The van der Waals surface area contributed by atoms with Gasteiger partial charge < -0.3 is 9.47 Å². The summed E-state index contributed by atoms with van der Waals surface area (Å²) in [6.07, 6.45) is 2.86. The van der Waals surface area contributed by atoms with Crippen molar-refractivity contribution >= 4 is 22.8 Å². The molecule has 1 aromatic carbocycles. The standard InChI is InChI=1S/C22H29N5O2/c1-5-6-7-12-25-20(28)18-19(24(4)22(25)29)23-21-26(13-16(3)14-27(18)21)17-10-8-15(2)9-11-17/h8-11,16H,5-7,12-14H2,1-4H3. The van der Waals surface area contributed by atoms with Gasteiger partial charge in [0.05, 0.1) is 0 Å². The smallest absolute Gasteiger partial charge is 0.312 e. The average Bonchev–Trinajstić information content (AvgIpc) is 3.08. The van der Waals surface area contributed by atoms with Gasteiger partial charge in [0, 0.05) is 32.4 Å². The molecule has 29 heavy (non-hydrogen) atoms. The summed E-state index contributed by atoms with van der Waals surface area (Å²) in [7, 11) is 1.71. The van der Waals surface area contributed by atoms with Crippen LogP contribution in [0.3, 0.4) is 0 Å². The van der Waals surface area contributed by atoms with Crippen molar-refractivity contribution in [1.82, 2.24) is 18.7 Å². The number of aryl methyl sites for hydroxylation is 2. The fraction of sp³-hybridized carbons (Fsp3) is 0.500. The maximum atomic E-state index is 13.3. The molecule has 0 radical (unpaired) electrons. The molecule has 2 aromatic heterocycles. The number of unbranched alkanes of at least 4 members (excludes halogenated alkanes) is 2. The Hall–Kier alpha value is -2.83. The summed E-state index contributed by atoms with van der Waals surface area (Å²) < 4.78 is 4.90. The number of fused-ring (bicyclic) bond motifs is 3. The van der Waals surface area contributed by atoms with Gasteiger partial charge in [0.2, 0.25) is 5.95 Å². The Morgan fingerprint density at radius 3 is 2.52 bits per heavy atom. The molecule has 0 saturated carbocycles. The van der Waals surface area contributed by atoms with Crippen molar-refractivity contribution in [2.75, 3.05) is 11.4 Å². The average molecular weight is 396 g/mol. The Bertz CT molecular complexity index is 1150. The highest BCUT2D eigenvalue weighted by Gasteiger charge is 2.29. The first-order chi connectivity index (χ1) is 13.9. The summed E-state index contributed by atoms with van der Waals surface area (Å²) in [5, 5.41) is 0. The summed E-state index contributed by atoms with van der Waals surface area (Å²) in [5.74, 6) is 1.09. The molecule has 0 spiro atoms. The zero-order valence-electron chi connectivity index (χ0n) is 17.7. The van der Waals surface area contributed by atoms with E-state index in [1.54, 1.807) is 7.05 Å². The van der Waals surface area contributed by atoms with Crippen molar-refractivity contribution in [2.24, 2.45) is 13.0 Å². The molecule has 0 fully saturated rings. The lowest BCUT2D eigenvalue weighted by Gasteiger charge is -2.33. The van der Waals surface area contributed by atoms with Gasteiger partial charge in [-0.15, -0.1) is 0 Å². The lowest BCUT2D eigenvalue weighted by molar-refractivity contribution is 0.457. The van der Waals surface area contributed by atoms with E-state index in [0.29, 0.717) is 23.6 Å². The fourth-order valence-electron chi connectivity index (χ4n) is 4.16. The van der Waals surface area contributed by atoms with Crippen LogP contribution in [0.5, 0.6) is 0 Å². The van der Waals surface area contributed by atoms with Gasteiger partial charge in [0.25, 0.3) is 5.56 Å². The summed E-state index contributed by atoms with van der Waals surface area (Å²) in [4.78, 5) is 33.0. The van der Waals surface area contributed by atoms with Gasteiger partial charge in [-0.05, 0) is 31.4 Å². The zero-order chi connectivity index (χ0) is 20.7. The van der Waals surface area contributed by atoms with E-state index < -0.39 is 0 Å². The third kappa shape index (κ3) is 3.28. The molecule has 1 aliphatic heterocycles. The molecule has 4 rings (SSSR count). The minimum atomic E-state index is -0.288. The van der Waals surface area contributed by atoms with E-state index in [9.17, 15) is 9.59 Å². The van der Waals surface area contributed by atoms with E-state index in [-0.39, 0.29) is 11.2 Å². The third-order valence-electron chi connectivity index (χ3n) is 5.77. The second-order valence-corrected chi connectivity index (χ2v) is 8.25. The van der Waals surface area contributed by atoms with E-state index in [2.05, 4.69) is 49.9 Å². The molecule has 7 heteroatoms. The van der Waals surface area contributed by atoms with Gasteiger partial charge in [-0.3, -0.25) is 13.9 Å². The number of benzene rings is 1. The summed E-state index contributed by atoms with van der Waals surface area (Å²) >= 11 is 0. The first-order valence-corrected chi connectivity index (χ1v) is 10.5. The highest BCUT2D eigenvalue weighted by molar-refractivity contribution is 5.77. The first kappa shape index (κ1) is 19.5. The minimum absolute atomic E-state index is 0.226. The molecular formula is C22H29N5O2. The van der Waals surface area contributed by atoms with Crippen molar-refractivity contribution in [3.63, 3.8) is 0 Å². The lowest BCUT2D eigenvalue weighted by Crippen LogP contribution is -2.40. The van der Waals surface area contributed by atoms with Crippen LogP contribution in [0.1, 0.15) is 38.7 Å². The van der Waals surface area contributed by atoms with Crippen LogP contribution in [0.15, 0.2) is 33.9 Å². The number of hydrogen-bond acceptors (Lipinski definition) is 4. The number of hydrogen-bond donors (Lipinski definition) is 0. The molecule has 0 saturated heterocycles. The SMILES string of the molecule is CCCCCn1c(=O)c2c(nc3n2CC(C)CN3c2ccc(C)cc2)n(C)c1=O. The van der Waals surface area contributed by atoms with Gasteiger partial charge in [-0.2, -0.15) is 4.98 Å². The normalized spacial score (nSPS) is 16.4. The van der Waals surface area contributed by atoms with Crippen molar-refractivity contribution in [3.8, 4) is 0 Å². The highest BCUT2D eigenvalue weighted by atomic mass is 16.2. The maximum Gasteiger partial charge on any atom is 0.332 e. The predicted molar refractivity (Wildman–Crippen MR) is 116 cm³/mol. The van der Waals surface area contributed by atoms with E-state index >= 15 is 0 Å². The Morgan fingerprint density at radius 2 is 1.83 bits per heavy atom. The van der Waals surface area contributed by atoms with E-state index in [0.717, 1.165) is 44.0 Å². The molecule has 0 amide bonds. The van der Waals surface area contributed by atoms with Crippen LogP contribution in [0, 0.1) is 12.8 Å². The minimum Gasteiger partial charge on any atom is -0.312 e. The number of aromatic nitrogens is 4. The van der Waals surface area contributed by atoms with Crippen molar-refractivity contribution in [3.05, 3.63) is 50.7 Å². The fourth-order valence-corrected chi connectivity index (χ4v) is 4.16. The monoisotopic (exact) mass is 395 g/mol. The third-order valence-corrected chi connectivity index (χ3v) is 5.77. The molecule has 3 aromatic rings. The van der Waals surface area contributed by atoms with Crippen LogP contribution in [0.2, 0.25) is 0 Å². The molecule has 0 aliphatic carbocycles. The molecule has 1 atom stereocenters. The molecular weight excluding hydrogens is 366 g/mol. The highest BCUT2D eigenvalue weighted by Crippen LogP contribution is 2.32. The van der Waals surface area contributed by atoms with E-state index in [4.69, 9.17) is 4.98 Å². The first-order valence-electron chi connectivity index (χ1n) is 10.5. The second-order valence-electron chi connectivity index (χ2n) is 8.25. The van der Waals surface area contributed by atoms with Gasteiger partial charge in [-0.1, -0.05) is 44.4 Å². The number of nitrogens with zero attached hydrogens (tertiary/aromatic N) is 5. The Balaban J connectivity index is 1.91. The van der Waals surface area contributed by atoms with Crippen LogP contribution in [-0.4, -0.2) is 25.2 Å². The Labute approximate surface area is 170 Å². The molecule has 1 unspecified atom stereocenters. The summed E-state index contributed by atoms with van der Waals surface area (Å²) in [6.45, 7) is 8.35. The molecule has 0 bridgehead atoms. The zero-order valence-corrected chi connectivity index (χ0v) is 17.7. The second kappa shape index (κ2) is 7.54.